The summed E-state index contributed by atoms with van der Waals surface area (Å²) < 4.78 is 5.09. The molecule has 0 aliphatic carbocycles. The lowest BCUT2D eigenvalue weighted by molar-refractivity contribution is -0.126. The van der Waals surface area contributed by atoms with Crippen LogP contribution in [0.1, 0.15) is 38.3 Å². The van der Waals surface area contributed by atoms with Crippen molar-refractivity contribution in [3.8, 4) is 5.75 Å². The molecule has 0 unspecified atom stereocenters. The predicted molar refractivity (Wildman–Crippen MR) is 103 cm³/mol. The van der Waals surface area contributed by atoms with Gasteiger partial charge in [0.25, 0.3) is 0 Å². The normalized spacial score (nSPS) is 10.9. The van der Waals surface area contributed by atoms with Crippen molar-refractivity contribution in [2.75, 3.05) is 12.4 Å². The van der Waals surface area contributed by atoms with Crippen molar-refractivity contribution in [1.82, 2.24) is 5.32 Å². The molecule has 0 radical (unpaired) electrons. The third-order valence-corrected chi connectivity index (χ3v) is 4.00. The van der Waals surface area contributed by atoms with E-state index in [1.807, 2.05) is 48.5 Å². The Morgan fingerprint density at radius 1 is 0.923 bits per heavy atom. The Labute approximate surface area is 154 Å². The molecule has 0 bridgehead atoms. The van der Waals surface area contributed by atoms with E-state index in [1.165, 1.54) is 5.56 Å². The monoisotopic (exact) mass is 354 g/mol. The first-order valence-corrected chi connectivity index (χ1v) is 8.58. The molecular formula is C21H26N2O3. The third-order valence-electron chi connectivity index (χ3n) is 4.00. The maximum absolute atomic E-state index is 12.0. The van der Waals surface area contributed by atoms with E-state index >= 15 is 0 Å². The number of carbonyl (C=O) groups excluding carboxylic acids is 2. The van der Waals surface area contributed by atoms with Gasteiger partial charge in [0.05, 0.1) is 7.11 Å². The van der Waals surface area contributed by atoms with Crippen LogP contribution in [0, 0.1) is 0 Å². The minimum Gasteiger partial charge on any atom is -0.497 e. The summed E-state index contributed by atoms with van der Waals surface area (Å²) in [6, 6.07) is 15.1. The number of ether oxygens (including phenoxy) is 1. The Morgan fingerprint density at radius 3 is 2.08 bits per heavy atom. The highest BCUT2D eigenvalue weighted by Gasteiger charge is 2.14. The number of amides is 2. The third kappa shape index (κ3) is 5.92. The zero-order chi connectivity index (χ0) is 19.2. The molecule has 2 rings (SSSR count). The van der Waals surface area contributed by atoms with Crippen molar-refractivity contribution in [2.45, 2.75) is 39.2 Å². The standard InChI is InChI=1S/C21H26N2O3/c1-21(2,3)16-7-9-17(10-8-16)23-20(25)13-19(24)22-14-15-5-11-18(26-4)12-6-15/h5-12H,13-14H2,1-4H3,(H,22,24)(H,23,25). The van der Waals surface area contributed by atoms with E-state index in [4.69, 9.17) is 4.74 Å². The Morgan fingerprint density at radius 2 is 1.54 bits per heavy atom. The number of benzene rings is 2. The lowest BCUT2D eigenvalue weighted by Crippen LogP contribution is -2.27. The minimum atomic E-state index is -0.333. The van der Waals surface area contributed by atoms with Crippen LogP contribution >= 0.6 is 0 Å². The molecule has 0 spiro atoms. The zero-order valence-corrected chi connectivity index (χ0v) is 15.8. The van der Waals surface area contributed by atoms with Gasteiger partial charge in [0.1, 0.15) is 12.2 Å². The lowest BCUT2D eigenvalue weighted by Gasteiger charge is -2.19. The number of carbonyl (C=O) groups is 2. The predicted octanol–water partition coefficient (Wildman–Crippen LogP) is 3.64. The van der Waals surface area contributed by atoms with Gasteiger partial charge in [0.2, 0.25) is 11.8 Å². The Kier molecular flexibility index (Phi) is 6.39. The van der Waals surface area contributed by atoms with Gasteiger partial charge in [-0.05, 0) is 40.8 Å². The van der Waals surface area contributed by atoms with Crippen LogP contribution in [0.15, 0.2) is 48.5 Å². The van der Waals surface area contributed by atoms with Gasteiger partial charge in [0.15, 0.2) is 0 Å². The average molecular weight is 354 g/mol. The van der Waals surface area contributed by atoms with Gasteiger partial charge in [0, 0.05) is 12.2 Å². The first kappa shape index (κ1) is 19.5. The molecule has 2 amide bonds. The SMILES string of the molecule is COc1ccc(CNC(=O)CC(=O)Nc2ccc(C(C)(C)C)cc2)cc1. The summed E-state index contributed by atoms with van der Waals surface area (Å²) in [6.07, 6.45) is -0.211. The summed E-state index contributed by atoms with van der Waals surface area (Å²) in [5.41, 5.74) is 2.88. The van der Waals surface area contributed by atoms with Gasteiger partial charge in [-0.25, -0.2) is 0 Å². The second-order valence-corrected chi connectivity index (χ2v) is 7.18. The van der Waals surface area contributed by atoms with E-state index in [-0.39, 0.29) is 23.7 Å². The molecule has 2 aromatic carbocycles. The fourth-order valence-electron chi connectivity index (χ4n) is 2.41. The van der Waals surface area contributed by atoms with Crippen LogP contribution in [0.4, 0.5) is 5.69 Å². The summed E-state index contributed by atoms with van der Waals surface area (Å²) in [6.45, 7) is 6.77. The summed E-state index contributed by atoms with van der Waals surface area (Å²) >= 11 is 0. The maximum atomic E-state index is 12.0. The summed E-state index contributed by atoms with van der Waals surface area (Å²) in [5, 5.41) is 5.49. The molecule has 26 heavy (non-hydrogen) atoms. The van der Waals surface area contributed by atoms with Crippen molar-refractivity contribution in [2.24, 2.45) is 0 Å². The van der Waals surface area contributed by atoms with Crippen LogP contribution in [0.25, 0.3) is 0 Å². The highest BCUT2D eigenvalue weighted by molar-refractivity contribution is 6.03. The second-order valence-electron chi connectivity index (χ2n) is 7.18. The Balaban J connectivity index is 1.80. The molecule has 138 valence electrons. The largest absolute Gasteiger partial charge is 0.497 e. The number of hydrogen-bond acceptors (Lipinski definition) is 3. The number of nitrogens with one attached hydrogen (secondary N) is 2. The van der Waals surface area contributed by atoms with Crippen molar-refractivity contribution in [1.29, 1.82) is 0 Å². The molecule has 0 saturated heterocycles. The quantitative estimate of drug-likeness (QED) is 0.778. The highest BCUT2D eigenvalue weighted by Crippen LogP contribution is 2.23. The maximum Gasteiger partial charge on any atom is 0.233 e. The first-order chi connectivity index (χ1) is 12.3. The molecule has 0 fully saturated rings. The number of hydrogen-bond donors (Lipinski definition) is 2. The molecule has 5 heteroatoms. The van der Waals surface area contributed by atoms with Crippen molar-refractivity contribution < 1.29 is 14.3 Å². The summed E-state index contributed by atoms with van der Waals surface area (Å²) in [7, 11) is 1.60. The molecular weight excluding hydrogens is 328 g/mol. The summed E-state index contributed by atoms with van der Waals surface area (Å²) in [4.78, 5) is 23.9. The van der Waals surface area contributed by atoms with Crippen molar-refractivity contribution >= 4 is 17.5 Å². The fourth-order valence-corrected chi connectivity index (χ4v) is 2.41. The Bertz CT molecular complexity index is 744. The first-order valence-electron chi connectivity index (χ1n) is 8.58. The lowest BCUT2D eigenvalue weighted by atomic mass is 9.87. The fraction of sp³-hybridized carbons (Fsp3) is 0.333. The summed E-state index contributed by atoms with van der Waals surface area (Å²) in [5.74, 6) is 0.113. The van der Waals surface area contributed by atoms with Crippen LogP contribution in [0.2, 0.25) is 0 Å². The number of rotatable bonds is 6. The second kappa shape index (κ2) is 8.52. The molecule has 0 aliphatic heterocycles. The van der Waals surface area contributed by atoms with Crippen LogP contribution in [0.5, 0.6) is 5.75 Å². The van der Waals surface area contributed by atoms with Gasteiger partial charge >= 0.3 is 0 Å². The van der Waals surface area contributed by atoms with Crippen LogP contribution < -0.4 is 15.4 Å². The van der Waals surface area contributed by atoms with Crippen molar-refractivity contribution in [3.05, 3.63) is 59.7 Å². The average Bonchev–Trinajstić information content (AvgIpc) is 2.60. The van der Waals surface area contributed by atoms with E-state index < -0.39 is 0 Å². The van der Waals surface area contributed by atoms with Gasteiger partial charge in [-0.3, -0.25) is 9.59 Å². The molecule has 0 heterocycles. The van der Waals surface area contributed by atoms with Crippen molar-refractivity contribution in [3.63, 3.8) is 0 Å². The van der Waals surface area contributed by atoms with E-state index in [1.54, 1.807) is 7.11 Å². The molecule has 0 aliphatic rings. The topological polar surface area (TPSA) is 67.4 Å². The number of methoxy groups -OCH3 is 1. The molecule has 2 aromatic rings. The van der Waals surface area contributed by atoms with E-state index in [2.05, 4.69) is 31.4 Å². The molecule has 0 atom stereocenters. The Hall–Kier alpha value is -2.82. The highest BCUT2D eigenvalue weighted by atomic mass is 16.5. The van der Waals surface area contributed by atoms with Gasteiger partial charge in [-0.15, -0.1) is 0 Å². The minimum absolute atomic E-state index is 0.0594. The molecule has 0 saturated carbocycles. The van der Waals surface area contributed by atoms with Gasteiger partial charge < -0.3 is 15.4 Å². The van der Waals surface area contributed by atoms with E-state index in [0.717, 1.165) is 11.3 Å². The number of anilines is 1. The van der Waals surface area contributed by atoms with Gasteiger partial charge in [-0.2, -0.15) is 0 Å². The van der Waals surface area contributed by atoms with E-state index in [0.29, 0.717) is 12.2 Å². The van der Waals surface area contributed by atoms with E-state index in [9.17, 15) is 9.59 Å². The smallest absolute Gasteiger partial charge is 0.233 e. The molecule has 2 N–H and O–H groups in total. The van der Waals surface area contributed by atoms with Crippen LogP contribution in [-0.2, 0) is 21.5 Å². The van der Waals surface area contributed by atoms with Crippen LogP contribution in [0.3, 0.4) is 0 Å². The van der Waals surface area contributed by atoms with Gasteiger partial charge in [-0.1, -0.05) is 45.0 Å². The molecule has 5 nitrogen and oxygen atoms in total. The zero-order valence-electron chi connectivity index (χ0n) is 15.8. The molecule has 0 aromatic heterocycles. The van der Waals surface area contributed by atoms with Crippen LogP contribution in [-0.4, -0.2) is 18.9 Å².